The molecule has 126 valence electrons. The minimum atomic E-state index is -1.09. The number of hydrazine groups is 2. The van der Waals surface area contributed by atoms with E-state index in [0.29, 0.717) is 28.9 Å². The molecule has 0 radical (unpaired) electrons. The molecular formula is C11H19N9O3. The first-order valence-corrected chi connectivity index (χ1v) is 6.91. The average molecular weight is 325 g/mol. The van der Waals surface area contributed by atoms with Crippen molar-refractivity contribution in [3.63, 3.8) is 0 Å². The summed E-state index contributed by atoms with van der Waals surface area (Å²) in [7, 11) is 0. The van der Waals surface area contributed by atoms with E-state index < -0.39 is 18.0 Å². The minimum absolute atomic E-state index is 0.114. The van der Waals surface area contributed by atoms with Crippen molar-refractivity contribution in [3.05, 3.63) is 11.3 Å². The van der Waals surface area contributed by atoms with E-state index in [-0.39, 0.29) is 10.5 Å². The van der Waals surface area contributed by atoms with Crippen LogP contribution in [0.1, 0.15) is 19.3 Å². The lowest BCUT2D eigenvalue weighted by Crippen LogP contribution is -2.54. The van der Waals surface area contributed by atoms with Crippen LogP contribution in [0.3, 0.4) is 0 Å². The number of anilines is 3. The maximum atomic E-state index is 12.3. The highest BCUT2D eigenvalue weighted by atomic mass is 16.5. The molecule has 2 rings (SSSR count). The molecule has 0 unspecified atom stereocenters. The summed E-state index contributed by atoms with van der Waals surface area (Å²) in [6, 6.07) is -0.841. The molecule has 0 saturated carbocycles. The molecule has 12 heteroatoms. The SMILES string of the molecule is NC(=O)N(N)c1cc(N2CCCCC2)nc(N(N)C(N)=O)[n+]1[O-]. The monoisotopic (exact) mass is 325 g/mol. The Morgan fingerprint density at radius 2 is 1.70 bits per heavy atom. The van der Waals surface area contributed by atoms with E-state index in [0.717, 1.165) is 19.3 Å². The van der Waals surface area contributed by atoms with Crippen LogP contribution in [0.4, 0.5) is 27.2 Å². The van der Waals surface area contributed by atoms with E-state index in [1.807, 2.05) is 4.90 Å². The van der Waals surface area contributed by atoms with Gasteiger partial charge in [0.1, 0.15) is 0 Å². The van der Waals surface area contributed by atoms with Crippen molar-refractivity contribution in [1.29, 1.82) is 0 Å². The zero-order valence-corrected chi connectivity index (χ0v) is 12.4. The molecule has 1 aliphatic rings. The van der Waals surface area contributed by atoms with Gasteiger partial charge in [-0.1, -0.05) is 4.98 Å². The molecule has 1 fully saturated rings. The molecule has 0 bridgehead atoms. The number of nitrogens with two attached hydrogens (primary N) is 4. The van der Waals surface area contributed by atoms with Crippen LogP contribution in [0.5, 0.6) is 0 Å². The van der Waals surface area contributed by atoms with E-state index in [1.54, 1.807) is 0 Å². The summed E-state index contributed by atoms with van der Waals surface area (Å²) in [5.41, 5.74) is 10.2. The molecule has 23 heavy (non-hydrogen) atoms. The maximum absolute atomic E-state index is 12.3. The van der Waals surface area contributed by atoms with Crippen LogP contribution in [0.15, 0.2) is 6.07 Å². The number of piperidine rings is 1. The molecule has 1 saturated heterocycles. The number of primary amides is 2. The van der Waals surface area contributed by atoms with Crippen LogP contribution in [-0.4, -0.2) is 30.1 Å². The predicted molar refractivity (Wildman–Crippen MR) is 81.8 cm³/mol. The summed E-state index contributed by atoms with van der Waals surface area (Å²) in [5.74, 6) is 10.5. The van der Waals surface area contributed by atoms with E-state index >= 15 is 0 Å². The van der Waals surface area contributed by atoms with Gasteiger partial charge in [-0.2, -0.15) is 10.9 Å². The zero-order valence-electron chi connectivity index (χ0n) is 12.4. The van der Waals surface area contributed by atoms with Crippen LogP contribution >= 0.6 is 0 Å². The molecule has 2 heterocycles. The van der Waals surface area contributed by atoms with Gasteiger partial charge in [0, 0.05) is 13.1 Å². The Labute approximate surface area is 131 Å². The van der Waals surface area contributed by atoms with Crippen molar-refractivity contribution in [2.75, 3.05) is 28.0 Å². The van der Waals surface area contributed by atoms with Crippen LogP contribution < -0.4 is 42.8 Å². The zero-order chi connectivity index (χ0) is 17.1. The van der Waals surface area contributed by atoms with Gasteiger partial charge in [0.05, 0.1) is 6.07 Å². The average Bonchev–Trinajstić information content (AvgIpc) is 2.54. The fourth-order valence-corrected chi connectivity index (χ4v) is 2.27. The minimum Gasteiger partial charge on any atom is -0.754 e. The van der Waals surface area contributed by atoms with Crippen molar-refractivity contribution in [1.82, 2.24) is 4.98 Å². The van der Waals surface area contributed by atoms with Crippen molar-refractivity contribution in [2.24, 2.45) is 23.2 Å². The van der Waals surface area contributed by atoms with Crippen molar-refractivity contribution >= 4 is 29.6 Å². The Morgan fingerprint density at radius 1 is 1.13 bits per heavy atom. The van der Waals surface area contributed by atoms with Gasteiger partial charge in [-0.05, 0) is 19.3 Å². The second-order valence-corrected chi connectivity index (χ2v) is 5.03. The lowest BCUT2D eigenvalue weighted by molar-refractivity contribution is -0.581. The van der Waals surface area contributed by atoms with E-state index in [9.17, 15) is 14.8 Å². The molecule has 0 spiro atoms. The van der Waals surface area contributed by atoms with Gasteiger partial charge in [0.25, 0.3) is 0 Å². The van der Waals surface area contributed by atoms with E-state index in [2.05, 4.69) is 4.98 Å². The molecule has 8 N–H and O–H groups in total. The third-order valence-electron chi connectivity index (χ3n) is 3.48. The fraction of sp³-hybridized carbons (Fsp3) is 0.455. The molecule has 1 aromatic heterocycles. The van der Waals surface area contributed by atoms with Gasteiger partial charge in [-0.25, -0.2) is 20.2 Å². The van der Waals surface area contributed by atoms with Crippen LogP contribution in [-0.2, 0) is 0 Å². The van der Waals surface area contributed by atoms with Crippen LogP contribution in [0.25, 0.3) is 0 Å². The number of amides is 4. The third kappa shape index (κ3) is 3.32. The molecule has 0 atom stereocenters. The number of nitrogens with zero attached hydrogens (tertiary/aromatic N) is 5. The number of hydrogen-bond donors (Lipinski definition) is 4. The quantitative estimate of drug-likeness (QED) is 0.166. The first-order valence-electron chi connectivity index (χ1n) is 6.91. The molecular weight excluding hydrogens is 306 g/mol. The summed E-state index contributed by atoms with van der Waals surface area (Å²) < 4.78 is 0.114. The third-order valence-corrected chi connectivity index (χ3v) is 3.48. The number of urea groups is 2. The summed E-state index contributed by atoms with van der Waals surface area (Å²) in [6.45, 7) is 1.41. The standard InChI is InChI=1S/C11H19N9O3/c12-9(21)18(14)8-6-7(17-4-2-1-3-5-17)16-11(20(8)23)19(15)10(13)22/h6H,1-5,14-15H2,(H2,12,21)(H2,13,22). The summed E-state index contributed by atoms with van der Waals surface area (Å²) in [5, 5.41) is 13.1. The first-order chi connectivity index (χ1) is 10.8. The number of carbonyl (C=O) groups excluding carboxylic acids is 2. The summed E-state index contributed by atoms with van der Waals surface area (Å²) in [4.78, 5) is 28.4. The second kappa shape index (κ2) is 6.50. The van der Waals surface area contributed by atoms with Crippen LogP contribution in [0, 0.1) is 5.21 Å². The molecule has 12 nitrogen and oxygen atoms in total. The first kappa shape index (κ1) is 16.5. The Morgan fingerprint density at radius 3 is 2.22 bits per heavy atom. The number of hydrogen-bond acceptors (Lipinski definition) is 7. The molecule has 0 aliphatic carbocycles. The highest BCUT2D eigenvalue weighted by molar-refractivity contribution is 5.89. The van der Waals surface area contributed by atoms with Gasteiger partial charge < -0.3 is 21.6 Å². The predicted octanol–water partition coefficient (Wildman–Crippen LogP) is -1.78. The van der Waals surface area contributed by atoms with Gasteiger partial charge in [0.15, 0.2) is 5.82 Å². The van der Waals surface area contributed by atoms with Gasteiger partial charge >= 0.3 is 18.0 Å². The highest BCUT2D eigenvalue weighted by Gasteiger charge is 2.28. The summed E-state index contributed by atoms with van der Waals surface area (Å²) >= 11 is 0. The van der Waals surface area contributed by atoms with E-state index in [1.165, 1.54) is 6.07 Å². The van der Waals surface area contributed by atoms with E-state index in [4.69, 9.17) is 23.2 Å². The highest BCUT2D eigenvalue weighted by Crippen LogP contribution is 2.22. The lowest BCUT2D eigenvalue weighted by Gasteiger charge is -2.28. The Balaban J connectivity index is 2.54. The van der Waals surface area contributed by atoms with Gasteiger partial charge in [-0.15, -0.1) is 5.01 Å². The van der Waals surface area contributed by atoms with Crippen LogP contribution in [0.2, 0.25) is 0 Å². The summed E-state index contributed by atoms with van der Waals surface area (Å²) in [6.07, 6.45) is 2.98. The van der Waals surface area contributed by atoms with Gasteiger partial charge in [-0.3, -0.25) is 0 Å². The molecule has 0 aromatic carbocycles. The molecule has 4 amide bonds. The second-order valence-electron chi connectivity index (χ2n) is 5.03. The van der Waals surface area contributed by atoms with Gasteiger partial charge in [0.2, 0.25) is 5.82 Å². The maximum Gasteiger partial charge on any atom is 0.381 e. The lowest BCUT2D eigenvalue weighted by atomic mass is 10.1. The number of rotatable bonds is 3. The normalized spacial score (nSPS) is 14.4. The fourth-order valence-electron chi connectivity index (χ4n) is 2.27. The smallest absolute Gasteiger partial charge is 0.381 e. The molecule has 1 aliphatic heterocycles. The number of carbonyl (C=O) groups is 2. The Bertz CT molecular complexity index is 576. The number of aromatic nitrogens is 2. The topological polar surface area (TPSA) is 188 Å². The van der Waals surface area contributed by atoms with Crippen molar-refractivity contribution in [3.8, 4) is 0 Å². The van der Waals surface area contributed by atoms with Crippen molar-refractivity contribution < 1.29 is 14.3 Å². The van der Waals surface area contributed by atoms with Crippen molar-refractivity contribution in [2.45, 2.75) is 19.3 Å². The largest absolute Gasteiger partial charge is 0.754 e. The Hall–Kier alpha value is -2.86. The Kier molecular flexibility index (Phi) is 4.66. The molecule has 1 aromatic rings.